The van der Waals surface area contributed by atoms with Crippen molar-refractivity contribution in [3.05, 3.63) is 60.2 Å². The highest BCUT2D eigenvalue weighted by atomic mass is 19.1. The first-order valence-corrected chi connectivity index (χ1v) is 9.45. The summed E-state index contributed by atoms with van der Waals surface area (Å²) in [6, 6.07) is 10.9. The summed E-state index contributed by atoms with van der Waals surface area (Å²) < 4.78 is 19.7. The van der Waals surface area contributed by atoms with Gasteiger partial charge in [0.15, 0.2) is 0 Å². The van der Waals surface area contributed by atoms with Gasteiger partial charge in [-0.05, 0) is 55.6 Å². The molecule has 138 valence electrons. The molecule has 0 saturated carbocycles. The van der Waals surface area contributed by atoms with Crippen LogP contribution in [0.2, 0.25) is 0 Å². The average Bonchev–Trinajstić information content (AvgIpc) is 3.03. The number of nitrogens with zero attached hydrogens (tertiary/aromatic N) is 2. The zero-order valence-corrected chi connectivity index (χ0v) is 15.0. The Morgan fingerprint density at radius 3 is 3.00 bits per heavy atom. The first kappa shape index (κ1) is 17.4. The van der Waals surface area contributed by atoms with E-state index in [-0.39, 0.29) is 11.4 Å². The largest absolute Gasteiger partial charge is 0.385 e. The number of aromatic nitrogens is 1. The molecule has 0 unspecified atom stereocenters. The Balaban J connectivity index is 1.32. The first-order chi connectivity index (χ1) is 12.7. The van der Waals surface area contributed by atoms with Crippen LogP contribution in [0.3, 0.4) is 0 Å². The lowest BCUT2D eigenvalue weighted by molar-refractivity contribution is -0.0535. The molecule has 2 aromatic rings. The summed E-state index contributed by atoms with van der Waals surface area (Å²) in [6.07, 6.45) is 6.96. The summed E-state index contributed by atoms with van der Waals surface area (Å²) >= 11 is 0. The maximum atomic E-state index is 13.4. The maximum Gasteiger partial charge on any atom is 0.123 e. The van der Waals surface area contributed by atoms with Crippen LogP contribution in [-0.2, 0) is 11.3 Å². The van der Waals surface area contributed by atoms with Gasteiger partial charge in [0.2, 0.25) is 0 Å². The second kappa shape index (κ2) is 7.72. The fourth-order valence-corrected chi connectivity index (χ4v) is 4.30. The average molecular weight is 355 g/mol. The predicted molar refractivity (Wildman–Crippen MR) is 100 cm³/mol. The highest BCUT2D eigenvalue weighted by molar-refractivity contribution is 5.40. The van der Waals surface area contributed by atoms with Gasteiger partial charge in [-0.15, -0.1) is 0 Å². The standard InChI is InChI=1S/C21H26FN3O/c22-19-4-1-3-17(11-19)14-25-10-2-7-21(16-25)12-18(15-26-21)13-24-20-5-8-23-9-6-20/h1,3-6,8-9,11,18H,2,7,10,12-16H2,(H,23,24)/t18-,21-/m1/s1. The second-order valence-corrected chi connectivity index (χ2v) is 7.63. The molecule has 0 aliphatic carbocycles. The van der Waals surface area contributed by atoms with Crippen molar-refractivity contribution in [2.24, 2.45) is 5.92 Å². The number of benzene rings is 1. The van der Waals surface area contributed by atoms with Crippen molar-refractivity contribution in [3.63, 3.8) is 0 Å². The Labute approximate surface area is 154 Å². The highest BCUT2D eigenvalue weighted by Crippen LogP contribution is 2.38. The Kier molecular flexibility index (Phi) is 5.18. The van der Waals surface area contributed by atoms with E-state index in [9.17, 15) is 4.39 Å². The van der Waals surface area contributed by atoms with Crippen LogP contribution in [0.1, 0.15) is 24.8 Å². The van der Waals surface area contributed by atoms with E-state index >= 15 is 0 Å². The Hall–Kier alpha value is -1.98. The molecule has 2 fully saturated rings. The van der Waals surface area contributed by atoms with E-state index < -0.39 is 0 Å². The molecular formula is C21H26FN3O. The van der Waals surface area contributed by atoms with Crippen molar-refractivity contribution >= 4 is 5.69 Å². The smallest absolute Gasteiger partial charge is 0.123 e. The highest BCUT2D eigenvalue weighted by Gasteiger charge is 2.43. The van der Waals surface area contributed by atoms with E-state index in [1.54, 1.807) is 24.5 Å². The van der Waals surface area contributed by atoms with Crippen LogP contribution in [0.25, 0.3) is 0 Å². The predicted octanol–water partition coefficient (Wildman–Crippen LogP) is 3.70. The summed E-state index contributed by atoms with van der Waals surface area (Å²) in [5, 5.41) is 3.49. The molecular weight excluding hydrogens is 329 g/mol. The normalized spacial score (nSPS) is 26.3. The van der Waals surface area contributed by atoms with Crippen LogP contribution in [0.5, 0.6) is 0 Å². The second-order valence-electron chi connectivity index (χ2n) is 7.63. The van der Waals surface area contributed by atoms with Gasteiger partial charge in [0.1, 0.15) is 5.82 Å². The van der Waals surface area contributed by atoms with Gasteiger partial charge in [0, 0.05) is 43.6 Å². The molecule has 1 aromatic heterocycles. The minimum atomic E-state index is -0.159. The molecule has 2 atom stereocenters. The van der Waals surface area contributed by atoms with Gasteiger partial charge in [-0.2, -0.15) is 0 Å². The molecule has 26 heavy (non-hydrogen) atoms. The van der Waals surface area contributed by atoms with Gasteiger partial charge in [-0.3, -0.25) is 9.88 Å². The van der Waals surface area contributed by atoms with Crippen molar-refractivity contribution in [1.29, 1.82) is 0 Å². The maximum absolute atomic E-state index is 13.4. The molecule has 5 heteroatoms. The molecule has 0 radical (unpaired) electrons. The monoisotopic (exact) mass is 355 g/mol. The lowest BCUT2D eigenvalue weighted by Crippen LogP contribution is -2.47. The molecule has 1 spiro atoms. The Morgan fingerprint density at radius 1 is 1.27 bits per heavy atom. The molecule has 4 nitrogen and oxygen atoms in total. The van der Waals surface area contributed by atoms with Crippen LogP contribution in [-0.4, -0.2) is 41.7 Å². The molecule has 0 bridgehead atoms. The van der Waals surface area contributed by atoms with E-state index in [2.05, 4.69) is 15.2 Å². The van der Waals surface area contributed by atoms with Gasteiger partial charge in [-0.1, -0.05) is 12.1 Å². The third-order valence-electron chi connectivity index (χ3n) is 5.47. The quantitative estimate of drug-likeness (QED) is 0.887. The summed E-state index contributed by atoms with van der Waals surface area (Å²) in [5.41, 5.74) is 2.11. The Morgan fingerprint density at radius 2 is 2.15 bits per heavy atom. The molecule has 1 N–H and O–H groups in total. The van der Waals surface area contributed by atoms with Gasteiger partial charge < -0.3 is 10.1 Å². The minimum absolute atomic E-state index is 0.0316. The number of piperidine rings is 1. The number of pyridine rings is 1. The van der Waals surface area contributed by atoms with Crippen molar-refractivity contribution in [1.82, 2.24) is 9.88 Å². The van der Waals surface area contributed by atoms with Crippen molar-refractivity contribution in [2.45, 2.75) is 31.4 Å². The summed E-state index contributed by atoms with van der Waals surface area (Å²) in [5.74, 6) is 0.367. The first-order valence-electron chi connectivity index (χ1n) is 9.45. The van der Waals surface area contributed by atoms with Crippen LogP contribution < -0.4 is 5.32 Å². The number of nitrogens with one attached hydrogen (secondary N) is 1. The number of hydrogen-bond donors (Lipinski definition) is 1. The summed E-state index contributed by atoms with van der Waals surface area (Å²) in [7, 11) is 0. The van der Waals surface area contributed by atoms with E-state index in [1.807, 2.05) is 18.2 Å². The van der Waals surface area contributed by atoms with Crippen LogP contribution in [0.15, 0.2) is 48.8 Å². The lowest BCUT2D eigenvalue weighted by Gasteiger charge is -2.40. The molecule has 2 aliphatic heterocycles. The van der Waals surface area contributed by atoms with Crippen molar-refractivity contribution in [2.75, 3.05) is 31.6 Å². The molecule has 4 rings (SSSR count). The molecule has 2 saturated heterocycles. The number of hydrogen-bond acceptors (Lipinski definition) is 4. The third kappa shape index (κ3) is 4.22. The zero-order chi connectivity index (χ0) is 17.8. The fraction of sp³-hybridized carbons (Fsp3) is 0.476. The number of likely N-dealkylation sites (tertiary alicyclic amines) is 1. The van der Waals surface area contributed by atoms with Gasteiger partial charge in [0.05, 0.1) is 12.2 Å². The topological polar surface area (TPSA) is 37.4 Å². The van der Waals surface area contributed by atoms with E-state index in [0.29, 0.717) is 5.92 Å². The molecule has 3 heterocycles. The SMILES string of the molecule is Fc1cccc(CN2CCC[C@@]3(C[C@H](CNc4ccncc4)CO3)C2)c1. The molecule has 1 aromatic carbocycles. The van der Waals surface area contributed by atoms with Crippen LogP contribution in [0, 0.1) is 11.7 Å². The Bertz CT molecular complexity index is 726. The fourth-order valence-electron chi connectivity index (χ4n) is 4.30. The number of anilines is 1. The van der Waals surface area contributed by atoms with Gasteiger partial charge in [0.25, 0.3) is 0 Å². The number of ether oxygens (including phenoxy) is 1. The minimum Gasteiger partial charge on any atom is -0.385 e. The van der Waals surface area contributed by atoms with Crippen molar-refractivity contribution in [3.8, 4) is 0 Å². The van der Waals surface area contributed by atoms with Crippen LogP contribution >= 0.6 is 0 Å². The lowest BCUT2D eigenvalue weighted by atomic mass is 9.86. The van der Waals surface area contributed by atoms with E-state index in [0.717, 1.165) is 63.3 Å². The summed E-state index contributed by atoms with van der Waals surface area (Å²) in [4.78, 5) is 6.46. The van der Waals surface area contributed by atoms with Crippen molar-refractivity contribution < 1.29 is 9.13 Å². The third-order valence-corrected chi connectivity index (χ3v) is 5.47. The molecule has 0 amide bonds. The van der Waals surface area contributed by atoms with Gasteiger partial charge >= 0.3 is 0 Å². The van der Waals surface area contributed by atoms with E-state index in [1.165, 1.54) is 6.07 Å². The van der Waals surface area contributed by atoms with Crippen LogP contribution in [0.4, 0.5) is 10.1 Å². The zero-order valence-electron chi connectivity index (χ0n) is 15.0. The number of halogens is 1. The molecule has 2 aliphatic rings. The van der Waals surface area contributed by atoms with Gasteiger partial charge in [-0.25, -0.2) is 4.39 Å². The summed E-state index contributed by atoms with van der Waals surface area (Å²) in [6.45, 7) is 4.53. The number of rotatable bonds is 5. The van der Waals surface area contributed by atoms with E-state index in [4.69, 9.17) is 4.74 Å².